The predicted molar refractivity (Wildman–Crippen MR) is 119 cm³/mol. The molecule has 1 fully saturated rings. The summed E-state index contributed by atoms with van der Waals surface area (Å²) < 4.78 is 20.4. The van der Waals surface area contributed by atoms with Gasteiger partial charge in [-0.05, 0) is 29.8 Å². The van der Waals surface area contributed by atoms with Crippen LogP contribution in [-0.2, 0) is 17.9 Å². The zero-order valence-corrected chi connectivity index (χ0v) is 18.1. The minimum absolute atomic E-state index is 0.0712. The van der Waals surface area contributed by atoms with Gasteiger partial charge in [0.2, 0.25) is 5.91 Å². The fourth-order valence-electron chi connectivity index (χ4n) is 3.91. The Morgan fingerprint density at radius 1 is 1.10 bits per heavy atom. The molecule has 0 aliphatic carbocycles. The number of nitrogens with zero attached hydrogens (tertiary/aromatic N) is 2. The largest absolute Gasteiger partial charge is 0.380 e. The van der Waals surface area contributed by atoms with Crippen LogP contribution in [-0.4, -0.2) is 54.9 Å². The molecule has 3 aromatic rings. The zero-order valence-electron chi connectivity index (χ0n) is 17.3. The average Bonchev–Trinajstić information content (AvgIpc) is 3.14. The summed E-state index contributed by atoms with van der Waals surface area (Å²) in [5.41, 5.74) is 7.50. The van der Waals surface area contributed by atoms with E-state index in [2.05, 4.69) is 4.90 Å². The number of ether oxygens (including phenoxy) is 1. The van der Waals surface area contributed by atoms with Crippen molar-refractivity contribution in [2.45, 2.75) is 13.2 Å². The molecular weight excluding hydrogens is 417 g/mol. The van der Waals surface area contributed by atoms with Gasteiger partial charge in [0.1, 0.15) is 5.82 Å². The number of hydrogen-bond acceptors (Lipinski definition) is 5. The molecule has 31 heavy (non-hydrogen) atoms. The van der Waals surface area contributed by atoms with Crippen LogP contribution in [0.5, 0.6) is 0 Å². The highest BCUT2D eigenvalue weighted by Gasteiger charge is 2.27. The maximum atomic E-state index is 14.4. The van der Waals surface area contributed by atoms with Crippen molar-refractivity contribution in [3.8, 4) is 0 Å². The average molecular weight is 442 g/mol. The lowest BCUT2D eigenvalue weighted by Gasteiger charge is -2.34. The number of primary amides is 1. The zero-order chi connectivity index (χ0) is 22.0. The summed E-state index contributed by atoms with van der Waals surface area (Å²) in [4.78, 5) is 29.1. The highest BCUT2D eigenvalue weighted by atomic mass is 32.1. The monoisotopic (exact) mass is 441 g/mol. The van der Waals surface area contributed by atoms with Crippen molar-refractivity contribution in [1.82, 2.24) is 9.80 Å². The molecule has 162 valence electrons. The second-order valence-electron chi connectivity index (χ2n) is 7.59. The Balaban J connectivity index is 1.44. The van der Waals surface area contributed by atoms with E-state index in [1.165, 1.54) is 17.4 Å². The van der Waals surface area contributed by atoms with Crippen LogP contribution in [0.1, 0.15) is 31.2 Å². The number of nitrogens with two attached hydrogens (primary N) is 1. The Labute approximate surface area is 184 Å². The highest BCUT2D eigenvalue weighted by molar-refractivity contribution is 7.21. The summed E-state index contributed by atoms with van der Waals surface area (Å²) in [6.07, 6.45) is 0. The van der Waals surface area contributed by atoms with Gasteiger partial charge in [-0.1, -0.05) is 18.2 Å². The summed E-state index contributed by atoms with van der Waals surface area (Å²) in [6, 6.07) is 12.2. The van der Waals surface area contributed by atoms with E-state index in [0.717, 1.165) is 29.9 Å². The molecule has 0 atom stereocenters. The molecule has 4 rings (SSSR count). The summed E-state index contributed by atoms with van der Waals surface area (Å²) >= 11 is 1.32. The molecule has 1 saturated heterocycles. The third-order valence-corrected chi connectivity index (χ3v) is 6.74. The second kappa shape index (κ2) is 9.13. The van der Waals surface area contributed by atoms with Gasteiger partial charge in [0.25, 0.3) is 5.91 Å². The maximum Gasteiger partial charge on any atom is 0.264 e. The molecule has 2 heterocycles. The van der Waals surface area contributed by atoms with Crippen LogP contribution in [0.3, 0.4) is 0 Å². The smallest absolute Gasteiger partial charge is 0.264 e. The van der Waals surface area contributed by atoms with E-state index in [1.807, 2.05) is 23.1 Å². The number of carbonyl (C=O) groups excluding carboxylic acids is 2. The summed E-state index contributed by atoms with van der Waals surface area (Å²) in [7, 11) is 1.55. The lowest BCUT2D eigenvalue weighted by atomic mass is 10.1. The Bertz CT molecular complexity index is 1110. The van der Waals surface area contributed by atoms with Crippen molar-refractivity contribution in [2.24, 2.45) is 5.73 Å². The fourth-order valence-corrected chi connectivity index (χ4v) is 5.10. The number of rotatable bonds is 6. The van der Waals surface area contributed by atoms with Crippen LogP contribution in [0, 0.1) is 5.82 Å². The van der Waals surface area contributed by atoms with Gasteiger partial charge in [-0.3, -0.25) is 14.5 Å². The van der Waals surface area contributed by atoms with Crippen LogP contribution in [0.2, 0.25) is 0 Å². The Kier molecular flexibility index (Phi) is 6.31. The Hall–Kier alpha value is -2.81. The predicted octanol–water partition coefficient (Wildman–Crippen LogP) is 3.24. The first kappa shape index (κ1) is 21.4. The highest BCUT2D eigenvalue weighted by Crippen LogP contribution is 2.34. The van der Waals surface area contributed by atoms with Gasteiger partial charge in [0.05, 0.1) is 11.5 Å². The molecule has 8 heteroatoms. The summed E-state index contributed by atoms with van der Waals surface area (Å²) in [5, 5.41) is 0.482. The van der Waals surface area contributed by atoms with E-state index in [1.54, 1.807) is 25.3 Å². The molecule has 1 aromatic heterocycles. The van der Waals surface area contributed by atoms with Crippen molar-refractivity contribution >= 4 is 33.2 Å². The molecule has 1 aliphatic rings. The van der Waals surface area contributed by atoms with Gasteiger partial charge in [-0.2, -0.15) is 0 Å². The lowest BCUT2D eigenvalue weighted by molar-refractivity contribution is 0.0629. The van der Waals surface area contributed by atoms with Crippen molar-refractivity contribution in [1.29, 1.82) is 0 Å². The van der Waals surface area contributed by atoms with Gasteiger partial charge in [-0.15, -0.1) is 11.3 Å². The number of halogens is 1. The number of hydrogen-bond donors (Lipinski definition) is 1. The number of methoxy groups -OCH3 is 1. The summed E-state index contributed by atoms with van der Waals surface area (Å²) in [5.74, 6) is -0.835. The second-order valence-corrected chi connectivity index (χ2v) is 8.64. The van der Waals surface area contributed by atoms with Gasteiger partial charge in [0.15, 0.2) is 0 Å². The van der Waals surface area contributed by atoms with Crippen LogP contribution >= 0.6 is 11.3 Å². The number of carbonyl (C=O) groups is 2. The molecule has 0 radical (unpaired) electrons. The molecule has 0 unspecified atom stereocenters. The molecule has 2 N–H and O–H groups in total. The lowest BCUT2D eigenvalue weighted by Crippen LogP contribution is -2.48. The normalized spacial score (nSPS) is 14.8. The van der Waals surface area contributed by atoms with E-state index in [9.17, 15) is 14.0 Å². The van der Waals surface area contributed by atoms with Crippen LogP contribution < -0.4 is 5.73 Å². The number of fused-ring (bicyclic) bond motifs is 1. The SMILES string of the molecule is COCc1c(C(=O)N2CCN(Cc3ccc(C(N)=O)cc3)CC2)sc2cccc(F)c12. The topological polar surface area (TPSA) is 75.9 Å². The maximum absolute atomic E-state index is 14.4. The van der Waals surface area contributed by atoms with E-state index in [0.29, 0.717) is 34.5 Å². The van der Waals surface area contributed by atoms with Gasteiger partial charge < -0.3 is 15.4 Å². The molecular formula is C23H24FN3O3S. The van der Waals surface area contributed by atoms with Crippen LogP contribution in [0.4, 0.5) is 4.39 Å². The minimum Gasteiger partial charge on any atom is -0.380 e. The van der Waals surface area contributed by atoms with Crippen LogP contribution in [0.15, 0.2) is 42.5 Å². The molecule has 0 saturated carbocycles. The number of benzene rings is 2. The van der Waals surface area contributed by atoms with Crippen LogP contribution in [0.25, 0.3) is 10.1 Å². The molecule has 2 aromatic carbocycles. The van der Waals surface area contributed by atoms with E-state index >= 15 is 0 Å². The van der Waals surface area contributed by atoms with E-state index in [4.69, 9.17) is 10.5 Å². The third-order valence-electron chi connectivity index (χ3n) is 5.55. The molecule has 0 bridgehead atoms. The quantitative estimate of drug-likeness (QED) is 0.637. The molecule has 1 aliphatic heterocycles. The molecule has 2 amide bonds. The fraction of sp³-hybridized carbons (Fsp3) is 0.304. The first-order chi connectivity index (χ1) is 15.0. The minimum atomic E-state index is -0.437. The number of amides is 2. The Morgan fingerprint density at radius 2 is 1.81 bits per heavy atom. The molecule has 6 nitrogen and oxygen atoms in total. The first-order valence-corrected chi connectivity index (χ1v) is 10.9. The molecule has 0 spiro atoms. The van der Waals surface area contributed by atoms with Crippen molar-refractivity contribution in [3.05, 3.63) is 69.8 Å². The van der Waals surface area contributed by atoms with Gasteiger partial charge in [0, 0.05) is 61.0 Å². The van der Waals surface area contributed by atoms with Crippen molar-refractivity contribution in [3.63, 3.8) is 0 Å². The standard InChI is InChI=1S/C23H24FN3O3S/c1-30-14-17-20-18(24)3-2-4-19(20)31-21(17)23(29)27-11-9-26(10-12-27)13-15-5-7-16(8-6-15)22(25)28/h2-8H,9-14H2,1H3,(H2,25,28). The van der Waals surface area contributed by atoms with E-state index in [-0.39, 0.29) is 18.3 Å². The van der Waals surface area contributed by atoms with Gasteiger partial charge in [-0.25, -0.2) is 4.39 Å². The van der Waals surface area contributed by atoms with E-state index < -0.39 is 5.91 Å². The third kappa shape index (κ3) is 4.46. The van der Waals surface area contributed by atoms with Crippen molar-refractivity contribution < 1.29 is 18.7 Å². The number of piperazine rings is 1. The van der Waals surface area contributed by atoms with Crippen molar-refractivity contribution in [2.75, 3.05) is 33.3 Å². The Morgan fingerprint density at radius 3 is 2.45 bits per heavy atom. The van der Waals surface area contributed by atoms with Gasteiger partial charge >= 0.3 is 0 Å². The number of thiophene rings is 1. The first-order valence-electron chi connectivity index (χ1n) is 10.1. The summed E-state index contributed by atoms with van der Waals surface area (Å²) in [6.45, 7) is 3.61.